The lowest BCUT2D eigenvalue weighted by Gasteiger charge is -2.56. The predicted octanol–water partition coefficient (Wildman–Crippen LogP) is 6.50. The van der Waals surface area contributed by atoms with Crippen molar-refractivity contribution in [2.75, 3.05) is 0 Å². The highest BCUT2D eigenvalue weighted by Gasteiger charge is 2.51. The van der Waals surface area contributed by atoms with E-state index >= 15 is 0 Å². The predicted molar refractivity (Wildman–Crippen MR) is 129 cm³/mol. The minimum absolute atomic E-state index is 0.0458. The highest BCUT2D eigenvalue weighted by molar-refractivity contribution is 5.84. The van der Waals surface area contributed by atoms with Gasteiger partial charge in [-0.1, -0.05) is 58.3 Å². The van der Waals surface area contributed by atoms with Gasteiger partial charge in [-0.05, 0) is 83.5 Å². The minimum atomic E-state index is -0.566. The second kappa shape index (κ2) is 11.2. The van der Waals surface area contributed by atoms with Crippen molar-refractivity contribution >= 4 is 12.0 Å². The minimum Gasteiger partial charge on any atom is -0.458 e. The number of rotatable bonds is 12. The van der Waals surface area contributed by atoms with Crippen molar-refractivity contribution in [3.05, 3.63) is 0 Å². The first-order valence-corrected chi connectivity index (χ1v) is 13.5. The Kier molecular flexibility index (Phi) is 8.91. The molecule has 4 aliphatic rings. The number of ether oxygens (including phenoxy) is 1. The molecule has 32 heavy (non-hydrogen) atoms. The van der Waals surface area contributed by atoms with Gasteiger partial charge in [-0.15, -0.1) is 0 Å². The topological polar surface area (TPSA) is 67.4 Å². The zero-order valence-corrected chi connectivity index (χ0v) is 21.1. The first-order chi connectivity index (χ1) is 15.2. The van der Waals surface area contributed by atoms with Crippen molar-refractivity contribution in [1.29, 1.82) is 0 Å². The fourth-order valence-corrected chi connectivity index (χ4v) is 6.80. The van der Waals surface area contributed by atoms with Crippen molar-refractivity contribution in [3.63, 3.8) is 0 Å². The Morgan fingerprint density at radius 2 is 1.38 bits per heavy atom. The first-order valence-electron chi connectivity index (χ1n) is 13.5. The number of esters is 1. The summed E-state index contributed by atoms with van der Waals surface area (Å²) in [5.74, 6) is 2.03. The highest BCUT2D eigenvalue weighted by Crippen LogP contribution is 2.55. The van der Waals surface area contributed by atoms with Crippen LogP contribution in [-0.4, -0.2) is 29.2 Å². The molecule has 2 N–H and O–H groups in total. The van der Waals surface area contributed by atoms with Crippen LogP contribution in [0.5, 0.6) is 0 Å². The molecule has 1 atom stereocenters. The lowest BCUT2D eigenvalue weighted by molar-refractivity contribution is -0.157. The zero-order chi connectivity index (χ0) is 23.2. The van der Waals surface area contributed by atoms with Gasteiger partial charge in [-0.25, -0.2) is 9.59 Å². The molecule has 5 heteroatoms. The Hall–Kier alpha value is -1.26. The molecule has 0 aromatic rings. The van der Waals surface area contributed by atoms with E-state index in [9.17, 15) is 9.59 Å². The molecule has 1 unspecified atom stereocenters. The van der Waals surface area contributed by atoms with Crippen LogP contribution < -0.4 is 10.6 Å². The molecule has 0 spiro atoms. The van der Waals surface area contributed by atoms with Crippen LogP contribution in [0.25, 0.3) is 0 Å². The van der Waals surface area contributed by atoms with Crippen molar-refractivity contribution in [2.24, 2.45) is 17.8 Å². The molecule has 4 saturated carbocycles. The van der Waals surface area contributed by atoms with E-state index in [1.807, 2.05) is 20.8 Å². The molecule has 0 aromatic heterocycles. The molecule has 184 valence electrons. The van der Waals surface area contributed by atoms with Crippen LogP contribution in [0.3, 0.4) is 0 Å². The monoisotopic (exact) mass is 448 g/mol. The van der Waals surface area contributed by atoms with Crippen LogP contribution in [0.4, 0.5) is 4.79 Å². The SMILES string of the molecule is CCCCCCCCCCC(NC(=O)NC12CC3CC(CC(C3)C1)C2)C(=O)OC(C)(C)C. The van der Waals surface area contributed by atoms with Crippen molar-refractivity contribution in [1.82, 2.24) is 10.6 Å². The summed E-state index contributed by atoms with van der Waals surface area (Å²) < 4.78 is 5.64. The van der Waals surface area contributed by atoms with E-state index in [4.69, 9.17) is 4.74 Å². The van der Waals surface area contributed by atoms with Crippen LogP contribution >= 0.6 is 0 Å². The third-order valence-corrected chi connectivity index (χ3v) is 7.76. The summed E-state index contributed by atoms with van der Waals surface area (Å²) in [5.41, 5.74) is -0.595. The van der Waals surface area contributed by atoms with Crippen molar-refractivity contribution in [3.8, 4) is 0 Å². The van der Waals surface area contributed by atoms with Crippen LogP contribution in [0.2, 0.25) is 0 Å². The van der Waals surface area contributed by atoms with E-state index in [1.165, 1.54) is 57.8 Å². The van der Waals surface area contributed by atoms with Gasteiger partial charge in [0.2, 0.25) is 0 Å². The summed E-state index contributed by atoms with van der Waals surface area (Å²) in [6.07, 6.45) is 17.8. The fourth-order valence-electron chi connectivity index (χ4n) is 6.80. The summed E-state index contributed by atoms with van der Waals surface area (Å²) in [7, 11) is 0. The quantitative estimate of drug-likeness (QED) is 0.265. The van der Waals surface area contributed by atoms with E-state index in [2.05, 4.69) is 17.6 Å². The molecule has 4 aliphatic carbocycles. The molecule has 0 saturated heterocycles. The normalized spacial score (nSPS) is 29.6. The van der Waals surface area contributed by atoms with Gasteiger partial charge in [-0.3, -0.25) is 0 Å². The van der Waals surface area contributed by atoms with E-state index in [-0.39, 0.29) is 17.5 Å². The first kappa shape index (κ1) is 25.4. The van der Waals surface area contributed by atoms with Gasteiger partial charge in [0.1, 0.15) is 11.6 Å². The van der Waals surface area contributed by atoms with E-state index < -0.39 is 11.6 Å². The van der Waals surface area contributed by atoms with Crippen LogP contribution in [0.1, 0.15) is 124 Å². The Labute approximate surface area is 196 Å². The Balaban J connectivity index is 1.48. The van der Waals surface area contributed by atoms with Gasteiger partial charge in [0.25, 0.3) is 0 Å². The van der Waals surface area contributed by atoms with Crippen molar-refractivity contribution < 1.29 is 14.3 Å². The maximum Gasteiger partial charge on any atom is 0.329 e. The average Bonchev–Trinajstić information content (AvgIpc) is 2.66. The molecule has 0 heterocycles. The summed E-state index contributed by atoms with van der Waals surface area (Å²) in [4.78, 5) is 25.8. The number of carbonyl (C=O) groups excluding carboxylic acids is 2. The maximum absolute atomic E-state index is 13.0. The van der Waals surface area contributed by atoms with Crippen LogP contribution in [0.15, 0.2) is 0 Å². The van der Waals surface area contributed by atoms with Gasteiger partial charge < -0.3 is 15.4 Å². The summed E-state index contributed by atoms with van der Waals surface area (Å²) in [6.45, 7) is 7.89. The second-order valence-electron chi connectivity index (χ2n) is 12.1. The molecular weight excluding hydrogens is 400 g/mol. The smallest absolute Gasteiger partial charge is 0.329 e. The maximum atomic E-state index is 13.0. The lowest BCUT2D eigenvalue weighted by atomic mass is 9.53. The number of hydrogen-bond acceptors (Lipinski definition) is 3. The molecule has 0 aliphatic heterocycles. The highest BCUT2D eigenvalue weighted by atomic mass is 16.6. The Morgan fingerprint density at radius 1 is 0.875 bits per heavy atom. The summed E-state index contributed by atoms with van der Waals surface area (Å²) in [6, 6.07) is -0.745. The number of carbonyl (C=O) groups is 2. The molecule has 2 amide bonds. The van der Waals surface area contributed by atoms with Gasteiger partial charge in [0, 0.05) is 5.54 Å². The second-order valence-corrected chi connectivity index (χ2v) is 12.1. The molecule has 4 fully saturated rings. The Morgan fingerprint density at radius 3 is 1.88 bits per heavy atom. The standard InChI is InChI=1S/C27H48N2O3/c1-5-6-7-8-9-10-11-12-13-23(24(30)32-26(2,3)4)28-25(31)29-27-17-20-14-21(18-27)16-22(15-20)19-27/h20-23H,5-19H2,1-4H3,(H2,28,29,31). The van der Waals surface area contributed by atoms with E-state index in [1.54, 1.807) is 0 Å². The number of urea groups is 1. The molecule has 0 aromatic carbocycles. The van der Waals surface area contributed by atoms with E-state index in [0.717, 1.165) is 49.9 Å². The number of nitrogens with one attached hydrogen (secondary N) is 2. The number of hydrogen-bond donors (Lipinski definition) is 2. The van der Waals surface area contributed by atoms with Gasteiger partial charge in [0.05, 0.1) is 0 Å². The molecule has 4 rings (SSSR count). The number of unbranched alkanes of at least 4 members (excludes halogenated alkanes) is 7. The van der Waals surface area contributed by atoms with Gasteiger partial charge >= 0.3 is 12.0 Å². The van der Waals surface area contributed by atoms with Gasteiger partial charge in [0.15, 0.2) is 0 Å². The van der Waals surface area contributed by atoms with Crippen LogP contribution in [0, 0.1) is 17.8 Å². The van der Waals surface area contributed by atoms with Crippen LogP contribution in [-0.2, 0) is 9.53 Å². The largest absolute Gasteiger partial charge is 0.458 e. The lowest BCUT2D eigenvalue weighted by Crippen LogP contribution is -2.62. The average molecular weight is 449 g/mol. The summed E-state index contributed by atoms with van der Waals surface area (Å²) >= 11 is 0. The molecule has 0 radical (unpaired) electrons. The fraction of sp³-hybridized carbons (Fsp3) is 0.926. The van der Waals surface area contributed by atoms with E-state index in [0.29, 0.717) is 6.42 Å². The molecule has 5 nitrogen and oxygen atoms in total. The Bertz CT molecular complexity index is 590. The zero-order valence-electron chi connectivity index (χ0n) is 21.1. The third-order valence-electron chi connectivity index (χ3n) is 7.76. The molecular formula is C27H48N2O3. The summed E-state index contributed by atoms with van der Waals surface area (Å²) in [5, 5.41) is 6.35. The third kappa shape index (κ3) is 7.66. The molecule has 4 bridgehead atoms. The number of amides is 2. The van der Waals surface area contributed by atoms with Gasteiger partial charge in [-0.2, -0.15) is 0 Å². The van der Waals surface area contributed by atoms with Crippen molar-refractivity contribution in [2.45, 2.75) is 141 Å².